The second kappa shape index (κ2) is 7.09. The molecule has 1 saturated heterocycles. The van der Waals surface area contributed by atoms with Crippen molar-refractivity contribution in [1.82, 2.24) is 20.2 Å². The molecule has 0 saturated carbocycles. The van der Waals surface area contributed by atoms with Crippen LogP contribution in [0.5, 0.6) is 5.88 Å². The molecule has 0 bridgehead atoms. The van der Waals surface area contributed by atoms with E-state index in [2.05, 4.69) is 15.3 Å². The Bertz CT molecular complexity index is 663. The Morgan fingerprint density at radius 1 is 1.35 bits per heavy atom. The van der Waals surface area contributed by atoms with Gasteiger partial charge < -0.3 is 15.0 Å². The molecule has 3 heterocycles. The van der Waals surface area contributed by atoms with Crippen molar-refractivity contribution in [3.05, 3.63) is 54.0 Å². The third-order valence-electron chi connectivity index (χ3n) is 4.08. The van der Waals surface area contributed by atoms with Gasteiger partial charge in [0.15, 0.2) is 0 Å². The summed E-state index contributed by atoms with van der Waals surface area (Å²) in [5, 5.41) is 2.97. The molecule has 23 heavy (non-hydrogen) atoms. The van der Waals surface area contributed by atoms with E-state index in [-0.39, 0.29) is 12.1 Å². The summed E-state index contributed by atoms with van der Waals surface area (Å²) < 4.78 is 5.21. The summed E-state index contributed by atoms with van der Waals surface area (Å²) >= 11 is 0. The lowest BCUT2D eigenvalue weighted by molar-refractivity contribution is 0.192. The van der Waals surface area contributed by atoms with Gasteiger partial charge in [0.25, 0.3) is 0 Å². The van der Waals surface area contributed by atoms with Crippen molar-refractivity contribution in [2.75, 3.05) is 13.7 Å². The first-order valence-corrected chi connectivity index (χ1v) is 7.72. The van der Waals surface area contributed by atoms with Gasteiger partial charge in [0.05, 0.1) is 13.2 Å². The first kappa shape index (κ1) is 15.3. The van der Waals surface area contributed by atoms with E-state index in [1.165, 1.54) is 0 Å². The summed E-state index contributed by atoms with van der Waals surface area (Å²) in [5.41, 5.74) is 2.00. The second-order valence-corrected chi connectivity index (χ2v) is 5.46. The number of ether oxygens (including phenoxy) is 1. The number of hydrogen-bond acceptors (Lipinski definition) is 4. The number of urea groups is 1. The standard InChI is InChI=1S/C17H20N4O2/c1-23-16-14(4-2-8-19-16)12-20-17(22)21-11-3-5-15(21)13-6-9-18-10-7-13/h2,4,6-10,15H,3,5,11-12H2,1H3,(H,20,22)/t15-/m0/s1. The Balaban J connectivity index is 1.66. The van der Waals surface area contributed by atoms with E-state index in [4.69, 9.17) is 4.74 Å². The highest BCUT2D eigenvalue weighted by atomic mass is 16.5. The fourth-order valence-corrected chi connectivity index (χ4v) is 2.96. The molecule has 3 rings (SSSR count). The molecule has 6 nitrogen and oxygen atoms in total. The fourth-order valence-electron chi connectivity index (χ4n) is 2.96. The van der Waals surface area contributed by atoms with E-state index >= 15 is 0 Å². The van der Waals surface area contributed by atoms with Crippen LogP contribution < -0.4 is 10.1 Å². The van der Waals surface area contributed by atoms with Crippen LogP contribution in [0.25, 0.3) is 0 Å². The monoisotopic (exact) mass is 312 g/mol. The van der Waals surface area contributed by atoms with Crippen LogP contribution >= 0.6 is 0 Å². The number of hydrogen-bond donors (Lipinski definition) is 1. The Labute approximate surface area is 135 Å². The van der Waals surface area contributed by atoms with E-state index in [1.54, 1.807) is 25.7 Å². The number of pyridine rings is 2. The van der Waals surface area contributed by atoms with Gasteiger partial charge in [-0.3, -0.25) is 4.98 Å². The molecule has 1 N–H and O–H groups in total. The largest absolute Gasteiger partial charge is 0.481 e. The average Bonchev–Trinajstić information content (AvgIpc) is 3.10. The molecule has 120 valence electrons. The number of carbonyl (C=O) groups excluding carboxylic acids is 1. The third kappa shape index (κ3) is 3.41. The molecule has 2 aromatic heterocycles. The zero-order valence-electron chi connectivity index (χ0n) is 13.1. The molecule has 1 fully saturated rings. The maximum Gasteiger partial charge on any atom is 0.318 e. The zero-order chi connectivity index (χ0) is 16.1. The maximum atomic E-state index is 12.5. The SMILES string of the molecule is COc1ncccc1CNC(=O)N1CCC[C@H]1c1ccncc1. The smallest absolute Gasteiger partial charge is 0.318 e. The fraction of sp³-hybridized carbons (Fsp3) is 0.353. The van der Waals surface area contributed by atoms with E-state index in [0.29, 0.717) is 12.4 Å². The number of nitrogens with one attached hydrogen (secondary N) is 1. The molecule has 1 atom stereocenters. The van der Waals surface area contributed by atoms with Crippen molar-refractivity contribution < 1.29 is 9.53 Å². The molecule has 6 heteroatoms. The zero-order valence-corrected chi connectivity index (χ0v) is 13.1. The predicted molar refractivity (Wildman–Crippen MR) is 85.9 cm³/mol. The highest BCUT2D eigenvalue weighted by Crippen LogP contribution is 2.31. The molecule has 0 spiro atoms. The summed E-state index contributed by atoms with van der Waals surface area (Å²) in [6, 6.07) is 7.74. The van der Waals surface area contributed by atoms with Crippen LogP contribution in [-0.2, 0) is 6.54 Å². The number of likely N-dealkylation sites (tertiary alicyclic amines) is 1. The summed E-state index contributed by atoms with van der Waals surface area (Å²) in [5.74, 6) is 0.542. The summed E-state index contributed by atoms with van der Waals surface area (Å²) in [6.07, 6.45) is 7.20. The van der Waals surface area contributed by atoms with Crippen molar-refractivity contribution in [2.24, 2.45) is 0 Å². The lowest BCUT2D eigenvalue weighted by atomic mass is 10.1. The summed E-state index contributed by atoms with van der Waals surface area (Å²) in [7, 11) is 1.58. The highest BCUT2D eigenvalue weighted by Gasteiger charge is 2.29. The minimum absolute atomic E-state index is 0.0600. The van der Waals surface area contributed by atoms with Crippen LogP contribution in [0.1, 0.15) is 30.0 Å². The molecule has 0 unspecified atom stereocenters. The van der Waals surface area contributed by atoms with Crippen LogP contribution in [0.4, 0.5) is 4.79 Å². The van der Waals surface area contributed by atoms with Gasteiger partial charge in [-0.2, -0.15) is 0 Å². The minimum atomic E-state index is -0.0600. The van der Waals surface area contributed by atoms with Crippen LogP contribution in [0.2, 0.25) is 0 Å². The highest BCUT2D eigenvalue weighted by molar-refractivity contribution is 5.75. The Morgan fingerprint density at radius 2 is 2.17 bits per heavy atom. The Morgan fingerprint density at radius 3 is 2.96 bits per heavy atom. The van der Waals surface area contributed by atoms with Crippen LogP contribution in [0.15, 0.2) is 42.9 Å². The van der Waals surface area contributed by atoms with Crippen molar-refractivity contribution in [3.8, 4) is 5.88 Å². The van der Waals surface area contributed by atoms with Gasteiger partial charge >= 0.3 is 6.03 Å². The molecular weight excluding hydrogens is 292 g/mol. The molecule has 2 aromatic rings. The maximum absolute atomic E-state index is 12.5. The van der Waals surface area contributed by atoms with Crippen molar-refractivity contribution in [2.45, 2.75) is 25.4 Å². The average molecular weight is 312 g/mol. The molecular formula is C17H20N4O2. The van der Waals surface area contributed by atoms with Gasteiger partial charge in [-0.05, 0) is 36.6 Å². The topological polar surface area (TPSA) is 67.3 Å². The molecule has 2 amide bonds. The first-order chi connectivity index (χ1) is 11.3. The number of carbonyl (C=O) groups is 1. The van der Waals surface area contributed by atoms with Gasteiger partial charge in [0.2, 0.25) is 5.88 Å². The molecule has 1 aliphatic heterocycles. The first-order valence-electron chi connectivity index (χ1n) is 7.72. The van der Waals surface area contributed by atoms with Gasteiger partial charge in [-0.15, -0.1) is 0 Å². The van der Waals surface area contributed by atoms with Crippen molar-refractivity contribution >= 4 is 6.03 Å². The van der Waals surface area contributed by atoms with E-state index < -0.39 is 0 Å². The second-order valence-electron chi connectivity index (χ2n) is 5.46. The Hall–Kier alpha value is -2.63. The third-order valence-corrected chi connectivity index (χ3v) is 4.08. The van der Waals surface area contributed by atoms with Crippen LogP contribution in [0, 0.1) is 0 Å². The van der Waals surface area contributed by atoms with Crippen LogP contribution in [-0.4, -0.2) is 34.6 Å². The van der Waals surface area contributed by atoms with E-state index in [0.717, 1.165) is 30.5 Å². The number of rotatable bonds is 4. The van der Waals surface area contributed by atoms with E-state index in [1.807, 2.05) is 29.2 Å². The van der Waals surface area contributed by atoms with Gasteiger partial charge in [0.1, 0.15) is 0 Å². The lowest BCUT2D eigenvalue weighted by Crippen LogP contribution is -2.39. The van der Waals surface area contributed by atoms with Gasteiger partial charge in [0, 0.05) is 37.2 Å². The summed E-state index contributed by atoms with van der Waals surface area (Å²) in [4.78, 5) is 22.6. The van der Waals surface area contributed by atoms with Crippen molar-refractivity contribution in [3.63, 3.8) is 0 Å². The lowest BCUT2D eigenvalue weighted by Gasteiger charge is -2.25. The van der Waals surface area contributed by atoms with Gasteiger partial charge in [-0.25, -0.2) is 9.78 Å². The van der Waals surface area contributed by atoms with Crippen molar-refractivity contribution in [1.29, 1.82) is 0 Å². The van der Waals surface area contributed by atoms with Gasteiger partial charge in [-0.1, -0.05) is 6.07 Å². The molecule has 1 aliphatic rings. The Kier molecular flexibility index (Phi) is 4.71. The molecule has 0 radical (unpaired) electrons. The molecule has 0 aromatic carbocycles. The number of amides is 2. The summed E-state index contributed by atoms with van der Waals surface area (Å²) in [6.45, 7) is 1.17. The minimum Gasteiger partial charge on any atom is -0.481 e. The van der Waals surface area contributed by atoms with E-state index in [9.17, 15) is 4.79 Å². The quantitative estimate of drug-likeness (QED) is 0.942. The number of aromatic nitrogens is 2. The number of methoxy groups -OCH3 is 1. The normalized spacial score (nSPS) is 17.1. The predicted octanol–water partition coefficient (Wildman–Crippen LogP) is 2.53. The number of nitrogens with zero attached hydrogens (tertiary/aromatic N) is 3. The van der Waals surface area contributed by atoms with Crippen LogP contribution in [0.3, 0.4) is 0 Å². The molecule has 0 aliphatic carbocycles.